The van der Waals surface area contributed by atoms with Crippen LogP contribution in [-0.2, 0) is 14.3 Å². The van der Waals surface area contributed by atoms with Gasteiger partial charge in [-0.05, 0) is 43.7 Å². The van der Waals surface area contributed by atoms with Crippen molar-refractivity contribution in [3.63, 3.8) is 0 Å². The summed E-state index contributed by atoms with van der Waals surface area (Å²) in [6.45, 7) is 2.96. The molecule has 0 aliphatic heterocycles. The fraction of sp³-hybridized carbons (Fsp3) is 0.250. The van der Waals surface area contributed by atoms with Gasteiger partial charge in [-0.15, -0.1) is 6.42 Å². The van der Waals surface area contributed by atoms with Crippen LogP contribution in [0.15, 0.2) is 36.5 Å². The van der Waals surface area contributed by atoms with Gasteiger partial charge in [0, 0.05) is 12.2 Å². The van der Waals surface area contributed by atoms with Gasteiger partial charge in [0.05, 0.1) is 5.02 Å². The molecule has 1 aromatic heterocycles. The number of aromatic nitrogens is 1. The minimum Gasteiger partial charge on any atom is -0.550 e. The molecule has 29 heavy (non-hydrogen) atoms. The molecule has 2 aromatic rings. The molecule has 0 aliphatic carbocycles. The van der Waals surface area contributed by atoms with Gasteiger partial charge in [0.15, 0.2) is 18.5 Å². The van der Waals surface area contributed by atoms with Crippen LogP contribution in [0, 0.1) is 18.2 Å². The Labute approximate surface area is 172 Å². The molecular formula is C20H18ClFNO6-. The third-order valence-electron chi connectivity index (χ3n) is 3.04. The lowest BCUT2D eigenvalue weighted by Gasteiger charge is -2.13. The average Bonchev–Trinajstić information content (AvgIpc) is 2.70. The van der Waals surface area contributed by atoms with E-state index in [0.29, 0.717) is 11.5 Å². The van der Waals surface area contributed by atoms with Gasteiger partial charge < -0.3 is 24.1 Å². The fourth-order valence-corrected chi connectivity index (χ4v) is 1.80. The number of terminal acetylenes is 1. The Hall–Kier alpha value is -3.31. The van der Waals surface area contributed by atoms with Gasteiger partial charge >= 0.3 is 5.97 Å². The summed E-state index contributed by atoms with van der Waals surface area (Å²) in [4.78, 5) is 24.6. The van der Waals surface area contributed by atoms with E-state index < -0.39 is 23.9 Å². The zero-order valence-corrected chi connectivity index (χ0v) is 16.4. The summed E-state index contributed by atoms with van der Waals surface area (Å²) >= 11 is 5.62. The second-order valence-corrected chi connectivity index (χ2v) is 5.75. The minimum absolute atomic E-state index is 0.111. The van der Waals surface area contributed by atoms with Crippen LogP contribution in [0.3, 0.4) is 0 Å². The molecule has 154 valence electrons. The average molecular weight is 423 g/mol. The number of rotatable bonds is 7. The van der Waals surface area contributed by atoms with Crippen molar-refractivity contribution >= 4 is 23.5 Å². The zero-order valence-electron chi connectivity index (χ0n) is 15.7. The Kier molecular flexibility index (Phi) is 9.99. The first-order chi connectivity index (χ1) is 13.8. The van der Waals surface area contributed by atoms with Crippen molar-refractivity contribution in [2.45, 2.75) is 26.4 Å². The molecule has 1 aromatic carbocycles. The third-order valence-corrected chi connectivity index (χ3v) is 3.25. The number of carbonyl (C=O) groups excluding carboxylic acids is 2. The highest BCUT2D eigenvalue weighted by atomic mass is 35.5. The highest BCUT2D eigenvalue weighted by Gasteiger charge is 2.16. The lowest BCUT2D eigenvalue weighted by atomic mass is 10.3. The van der Waals surface area contributed by atoms with Crippen LogP contribution in [0.25, 0.3) is 0 Å². The van der Waals surface area contributed by atoms with E-state index in [4.69, 9.17) is 32.2 Å². The monoisotopic (exact) mass is 422 g/mol. The lowest BCUT2D eigenvalue weighted by Crippen LogP contribution is -2.26. The van der Waals surface area contributed by atoms with Gasteiger partial charge in [0.2, 0.25) is 0 Å². The first-order valence-electron chi connectivity index (χ1n) is 8.32. The van der Waals surface area contributed by atoms with Gasteiger partial charge in [-0.1, -0.05) is 24.4 Å². The number of pyridine rings is 1. The maximum atomic E-state index is 13.6. The smallest absolute Gasteiger partial charge is 0.347 e. The van der Waals surface area contributed by atoms with E-state index in [1.807, 2.05) is 0 Å². The largest absolute Gasteiger partial charge is 0.550 e. The van der Waals surface area contributed by atoms with E-state index in [9.17, 15) is 19.1 Å². The van der Waals surface area contributed by atoms with Crippen molar-refractivity contribution in [3.05, 3.63) is 47.4 Å². The second kappa shape index (κ2) is 12.2. The molecule has 9 heteroatoms. The number of aliphatic carboxylic acids is 1. The van der Waals surface area contributed by atoms with Crippen LogP contribution >= 0.6 is 11.6 Å². The second-order valence-electron chi connectivity index (χ2n) is 5.31. The number of hydrogen-bond acceptors (Lipinski definition) is 7. The van der Waals surface area contributed by atoms with Crippen LogP contribution in [0.2, 0.25) is 5.02 Å². The quantitative estimate of drug-likeness (QED) is 0.499. The Morgan fingerprint density at radius 1 is 1.31 bits per heavy atom. The number of carbonyl (C=O) groups is 2. The molecule has 0 fully saturated rings. The summed E-state index contributed by atoms with van der Waals surface area (Å²) < 4.78 is 29.1. The fourth-order valence-electron chi connectivity index (χ4n) is 1.66. The predicted molar refractivity (Wildman–Crippen MR) is 101 cm³/mol. The number of nitrogens with zero attached hydrogens (tertiary/aromatic N) is 1. The van der Waals surface area contributed by atoms with Crippen LogP contribution in [-0.4, -0.2) is 29.6 Å². The SMILES string of the molecule is C#CCOC(=O)C(C)Oc1ccc(Oc2ncc(Cl)cc2F)cc1.CCC(=O)[O-]. The number of benzene rings is 1. The van der Waals surface area contributed by atoms with Gasteiger partial charge in [-0.25, -0.2) is 14.2 Å². The Bertz CT molecular complexity index is 866. The highest BCUT2D eigenvalue weighted by Crippen LogP contribution is 2.26. The molecule has 2 rings (SSSR count). The Morgan fingerprint density at radius 2 is 1.90 bits per heavy atom. The standard InChI is InChI=1S/C17H13ClFNO4.C3H6O2/c1-3-8-22-17(21)11(2)23-13-4-6-14(7-5-13)24-16-15(19)9-12(18)10-20-16;1-2-3(4)5/h1,4-7,9-11H,8H2,2H3;2H2,1H3,(H,4,5)/p-1. The van der Waals surface area contributed by atoms with Gasteiger partial charge in [-0.3, -0.25) is 0 Å². The first kappa shape index (κ1) is 23.7. The molecular weight excluding hydrogens is 405 g/mol. The molecule has 0 aliphatic rings. The Morgan fingerprint density at radius 3 is 2.41 bits per heavy atom. The van der Waals surface area contributed by atoms with E-state index in [0.717, 1.165) is 6.07 Å². The Balaban J connectivity index is 0.000000749. The van der Waals surface area contributed by atoms with E-state index in [1.54, 1.807) is 24.3 Å². The van der Waals surface area contributed by atoms with Crippen molar-refractivity contribution in [1.82, 2.24) is 4.98 Å². The van der Waals surface area contributed by atoms with Crippen molar-refractivity contribution in [3.8, 4) is 29.7 Å². The van der Waals surface area contributed by atoms with Gasteiger partial charge in [0.1, 0.15) is 11.5 Å². The van der Waals surface area contributed by atoms with E-state index in [-0.39, 0.29) is 23.9 Å². The molecule has 1 unspecified atom stereocenters. The molecule has 7 nitrogen and oxygen atoms in total. The van der Waals surface area contributed by atoms with E-state index >= 15 is 0 Å². The molecule has 0 N–H and O–H groups in total. The summed E-state index contributed by atoms with van der Waals surface area (Å²) in [5.41, 5.74) is 0. The number of carboxylic acids is 1. The van der Waals surface area contributed by atoms with Crippen LogP contribution in [0.4, 0.5) is 4.39 Å². The van der Waals surface area contributed by atoms with Gasteiger partial charge in [-0.2, -0.15) is 0 Å². The van der Waals surface area contributed by atoms with Crippen molar-refractivity contribution in [2.24, 2.45) is 0 Å². The maximum absolute atomic E-state index is 13.6. The number of esters is 1. The van der Waals surface area contributed by atoms with Crippen molar-refractivity contribution in [1.29, 1.82) is 0 Å². The van der Waals surface area contributed by atoms with E-state index in [1.165, 1.54) is 20.0 Å². The molecule has 0 saturated heterocycles. The van der Waals surface area contributed by atoms with Crippen molar-refractivity contribution in [2.75, 3.05) is 6.61 Å². The number of hydrogen-bond donors (Lipinski definition) is 0. The van der Waals surface area contributed by atoms with Crippen LogP contribution in [0.1, 0.15) is 20.3 Å². The summed E-state index contributed by atoms with van der Waals surface area (Å²) in [5.74, 6) is 0.523. The summed E-state index contributed by atoms with van der Waals surface area (Å²) in [6.07, 6.45) is 5.58. The zero-order chi connectivity index (χ0) is 21.8. The van der Waals surface area contributed by atoms with Crippen LogP contribution < -0.4 is 14.6 Å². The number of halogens is 2. The van der Waals surface area contributed by atoms with Crippen LogP contribution in [0.5, 0.6) is 17.4 Å². The van der Waals surface area contributed by atoms with Crippen molar-refractivity contribution < 1.29 is 33.3 Å². The number of carboxylic acid groups (broad SMARTS) is 1. The highest BCUT2D eigenvalue weighted by molar-refractivity contribution is 6.30. The topological polar surface area (TPSA) is 97.8 Å². The summed E-state index contributed by atoms with van der Waals surface area (Å²) in [6, 6.07) is 7.32. The molecule has 0 radical (unpaired) electrons. The molecule has 1 atom stereocenters. The summed E-state index contributed by atoms with van der Waals surface area (Å²) in [7, 11) is 0. The lowest BCUT2D eigenvalue weighted by molar-refractivity contribution is -0.305. The minimum atomic E-state index is -0.995. The molecule has 0 saturated carbocycles. The summed E-state index contributed by atoms with van der Waals surface area (Å²) in [5, 5.41) is 9.43. The van der Waals surface area contributed by atoms with Gasteiger partial charge in [0.25, 0.3) is 5.88 Å². The predicted octanol–water partition coefficient (Wildman–Crippen LogP) is 2.76. The maximum Gasteiger partial charge on any atom is 0.347 e. The molecule has 1 heterocycles. The molecule has 0 amide bonds. The molecule has 0 spiro atoms. The molecule has 0 bridgehead atoms. The third kappa shape index (κ3) is 8.95. The van der Waals surface area contributed by atoms with E-state index in [2.05, 4.69) is 10.9 Å². The normalized spacial score (nSPS) is 10.6. The first-order valence-corrected chi connectivity index (χ1v) is 8.70. The number of ether oxygens (including phenoxy) is 3.